The second-order valence-corrected chi connectivity index (χ2v) is 5.66. The fraction of sp³-hybridized carbons (Fsp3) is 0.733. The molecule has 2 saturated heterocycles. The molecular weight excluding hydrogens is 254 g/mol. The van der Waals surface area contributed by atoms with Gasteiger partial charge in [0.15, 0.2) is 0 Å². The summed E-state index contributed by atoms with van der Waals surface area (Å²) in [6, 6.07) is -0.318. The Morgan fingerprint density at radius 2 is 2.10 bits per heavy atom. The molecule has 2 heterocycles. The van der Waals surface area contributed by atoms with E-state index in [4.69, 9.17) is 0 Å². The van der Waals surface area contributed by atoms with Crippen LogP contribution in [0.25, 0.3) is 0 Å². The molecule has 5 nitrogen and oxygen atoms in total. The van der Waals surface area contributed by atoms with Gasteiger partial charge in [-0.15, -0.1) is 0 Å². The number of likely N-dealkylation sites (tertiary alicyclic amines) is 1. The number of nitrogens with one attached hydrogen (secondary N) is 1. The van der Waals surface area contributed by atoms with E-state index >= 15 is 0 Å². The zero-order valence-electron chi connectivity index (χ0n) is 12.3. The predicted molar refractivity (Wildman–Crippen MR) is 78.2 cm³/mol. The fourth-order valence-corrected chi connectivity index (χ4v) is 2.83. The summed E-state index contributed by atoms with van der Waals surface area (Å²) < 4.78 is 0. The van der Waals surface area contributed by atoms with E-state index in [1.165, 1.54) is 12.8 Å². The Bertz CT molecular complexity index is 375. The van der Waals surface area contributed by atoms with E-state index in [-0.39, 0.29) is 17.9 Å². The van der Waals surface area contributed by atoms with Crippen molar-refractivity contribution in [3.05, 3.63) is 12.2 Å². The van der Waals surface area contributed by atoms with Crippen molar-refractivity contribution in [3.63, 3.8) is 0 Å². The molecule has 112 valence electrons. The fourth-order valence-electron chi connectivity index (χ4n) is 2.83. The Hall–Kier alpha value is -1.36. The molecule has 0 bridgehead atoms. The summed E-state index contributed by atoms with van der Waals surface area (Å²) in [4.78, 5) is 27.9. The third-order valence-electron chi connectivity index (χ3n) is 4.14. The van der Waals surface area contributed by atoms with Crippen molar-refractivity contribution in [3.8, 4) is 0 Å². The van der Waals surface area contributed by atoms with Gasteiger partial charge in [0.25, 0.3) is 0 Å². The molecular formula is C15H25N3O2. The Morgan fingerprint density at radius 3 is 2.85 bits per heavy atom. The number of nitrogens with zero attached hydrogens (tertiary/aromatic N) is 2. The maximum atomic E-state index is 12.1. The molecule has 2 aliphatic rings. The summed E-state index contributed by atoms with van der Waals surface area (Å²) >= 11 is 0. The van der Waals surface area contributed by atoms with E-state index in [1.54, 1.807) is 18.0 Å². The monoisotopic (exact) mass is 279 g/mol. The van der Waals surface area contributed by atoms with Crippen molar-refractivity contribution < 1.29 is 9.59 Å². The molecule has 0 radical (unpaired) electrons. The van der Waals surface area contributed by atoms with E-state index in [9.17, 15) is 9.59 Å². The first-order chi connectivity index (χ1) is 9.68. The number of carbonyl (C=O) groups excluding carboxylic acids is 2. The quantitative estimate of drug-likeness (QED) is 0.773. The first-order valence-electron chi connectivity index (χ1n) is 7.62. The molecule has 0 aromatic heterocycles. The molecule has 2 fully saturated rings. The van der Waals surface area contributed by atoms with Crippen molar-refractivity contribution in [2.45, 2.75) is 38.1 Å². The average Bonchev–Trinajstić information content (AvgIpc) is 2.86. The van der Waals surface area contributed by atoms with E-state index in [0.29, 0.717) is 0 Å². The van der Waals surface area contributed by atoms with Gasteiger partial charge in [-0.1, -0.05) is 6.08 Å². The van der Waals surface area contributed by atoms with Crippen LogP contribution < -0.4 is 5.32 Å². The molecule has 1 N–H and O–H groups in total. The smallest absolute Gasteiger partial charge is 0.246 e. The minimum Gasteiger partial charge on any atom is -0.354 e. The summed E-state index contributed by atoms with van der Waals surface area (Å²) in [5.41, 5.74) is 0. The molecule has 0 saturated carbocycles. The minimum absolute atomic E-state index is 0.0220. The van der Waals surface area contributed by atoms with Gasteiger partial charge in [0.1, 0.15) is 6.04 Å². The lowest BCUT2D eigenvalue weighted by Crippen LogP contribution is -2.46. The molecule has 2 aliphatic heterocycles. The van der Waals surface area contributed by atoms with E-state index < -0.39 is 0 Å². The number of likely N-dealkylation sites (N-methyl/N-ethyl adjacent to an activating group) is 1. The molecule has 2 rings (SSSR count). The van der Waals surface area contributed by atoms with Gasteiger partial charge in [0.05, 0.1) is 0 Å². The molecule has 0 aromatic rings. The maximum absolute atomic E-state index is 12.1. The molecule has 0 aliphatic carbocycles. The number of amides is 2. The second kappa shape index (κ2) is 7.43. The molecule has 1 unspecified atom stereocenters. The Morgan fingerprint density at radius 1 is 1.35 bits per heavy atom. The van der Waals surface area contributed by atoms with Gasteiger partial charge in [-0.3, -0.25) is 14.5 Å². The Balaban J connectivity index is 1.83. The van der Waals surface area contributed by atoms with Crippen molar-refractivity contribution >= 4 is 11.8 Å². The zero-order valence-corrected chi connectivity index (χ0v) is 12.3. The van der Waals surface area contributed by atoms with Crippen LogP contribution in [0.4, 0.5) is 0 Å². The van der Waals surface area contributed by atoms with Crippen LogP contribution in [0.3, 0.4) is 0 Å². The number of rotatable bonds is 4. The predicted octanol–water partition coefficient (Wildman–Crippen LogP) is 0.766. The lowest BCUT2D eigenvalue weighted by atomic mass is 10.1. The van der Waals surface area contributed by atoms with Crippen LogP contribution in [0.5, 0.6) is 0 Å². The van der Waals surface area contributed by atoms with Crippen LogP contribution in [-0.2, 0) is 9.59 Å². The van der Waals surface area contributed by atoms with Crippen LogP contribution in [0, 0.1) is 0 Å². The zero-order chi connectivity index (χ0) is 14.4. The molecule has 0 spiro atoms. The summed E-state index contributed by atoms with van der Waals surface area (Å²) in [7, 11) is 1.72. The van der Waals surface area contributed by atoms with Crippen molar-refractivity contribution in [2.75, 3.05) is 33.2 Å². The SMILES string of the molecule is CN(C(=O)/C=C/CN1CCCC1)C1CCCCNC1=O. The van der Waals surface area contributed by atoms with Gasteiger partial charge in [0.2, 0.25) is 11.8 Å². The summed E-state index contributed by atoms with van der Waals surface area (Å²) in [5, 5.41) is 2.87. The van der Waals surface area contributed by atoms with E-state index in [0.717, 1.165) is 45.4 Å². The Kier molecular flexibility index (Phi) is 5.59. The van der Waals surface area contributed by atoms with E-state index in [2.05, 4.69) is 10.2 Å². The second-order valence-electron chi connectivity index (χ2n) is 5.66. The summed E-state index contributed by atoms with van der Waals surface area (Å²) in [6.07, 6.45) is 8.77. The van der Waals surface area contributed by atoms with Crippen LogP contribution in [0.1, 0.15) is 32.1 Å². The topological polar surface area (TPSA) is 52.7 Å². The lowest BCUT2D eigenvalue weighted by molar-refractivity contribution is -0.135. The molecule has 0 aromatic carbocycles. The average molecular weight is 279 g/mol. The summed E-state index contributed by atoms with van der Waals surface area (Å²) in [6.45, 7) is 3.80. The third-order valence-corrected chi connectivity index (χ3v) is 4.14. The van der Waals surface area contributed by atoms with E-state index in [1.807, 2.05) is 6.08 Å². The molecule has 1 atom stereocenters. The normalized spacial score (nSPS) is 24.6. The lowest BCUT2D eigenvalue weighted by Gasteiger charge is -2.24. The first-order valence-corrected chi connectivity index (χ1v) is 7.62. The van der Waals surface area contributed by atoms with Crippen LogP contribution in [-0.4, -0.2) is 60.9 Å². The minimum atomic E-state index is -0.318. The van der Waals surface area contributed by atoms with Crippen molar-refractivity contribution in [2.24, 2.45) is 0 Å². The number of carbonyl (C=O) groups is 2. The van der Waals surface area contributed by atoms with Gasteiger partial charge < -0.3 is 10.2 Å². The van der Waals surface area contributed by atoms with Gasteiger partial charge in [-0.2, -0.15) is 0 Å². The highest BCUT2D eigenvalue weighted by molar-refractivity contribution is 5.92. The van der Waals surface area contributed by atoms with Gasteiger partial charge in [-0.05, 0) is 45.2 Å². The number of hydrogen-bond acceptors (Lipinski definition) is 3. The van der Waals surface area contributed by atoms with Crippen LogP contribution in [0.2, 0.25) is 0 Å². The number of hydrogen-bond donors (Lipinski definition) is 1. The standard InChI is InChI=1S/C15H25N3O2/c1-17(13-7-2-3-9-16-15(13)20)14(19)8-6-12-18-10-4-5-11-18/h6,8,13H,2-5,7,9-12H2,1H3,(H,16,20)/b8-6+. The van der Waals surface area contributed by atoms with Crippen molar-refractivity contribution in [1.82, 2.24) is 15.1 Å². The van der Waals surface area contributed by atoms with Crippen LogP contribution in [0.15, 0.2) is 12.2 Å². The Labute approximate surface area is 121 Å². The van der Waals surface area contributed by atoms with Gasteiger partial charge in [-0.25, -0.2) is 0 Å². The summed E-state index contributed by atoms with van der Waals surface area (Å²) in [5.74, 6) is -0.0995. The molecule has 20 heavy (non-hydrogen) atoms. The molecule has 2 amide bonds. The van der Waals surface area contributed by atoms with Crippen LogP contribution >= 0.6 is 0 Å². The largest absolute Gasteiger partial charge is 0.354 e. The highest BCUT2D eigenvalue weighted by Crippen LogP contribution is 2.12. The highest BCUT2D eigenvalue weighted by Gasteiger charge is 2.26. The molecule has 5 heteroatoms. The first kappa shape index (κ1) is 15.0. The third kappa shape index (κ3) is 4.07. The van der Waals surface area contributed by atoms with Gasteiger partial charge >= 0.3 is 0 Å². The highest BCUT2D eigenvalue weighted by atomic mass is 16.2. The maximum Gasteiger partial charge on any atom is 0.246 e. The van der Waals surface area contributed by atoms with Gasteiger partial charge in [0, 0.05) is 26.2 Å². The van der Waals surface area contributed by atoms with Crippen molar-refractivity contribution in [1.29, 1.82) is 0 Å².